The molecule has 4 nitrogen and oxygen atoms in total. The van der Waals surface area contributed by atoms with E-state index in [9.17, 15) is 9.59 Å². The number of allylic oxidation sites excluding steroid dienone is 8. The fourth-order valence-electron chi connectivity index (χ4n) is 6.05. The Labute approximate surface area is 254 Å². The van der Waals surface area contributed by atoms with Crippen molar-refractivity contribution in [1.29, 1.82) is 0 Å². The Morgan fingerprint density at radius 3 is 1.44 bits per heavy atom. The van der Waals surface area contributed by atoms with Gasteiger partial charge in [-0.05, 0) is 0 Å². The molecule has 2 aliphatic carbocycles. The summed E-state index contributed by atoms with van der Waals surface area (Å²) in [6.07, 6.45) is 13.6. The molecule has 0 radical (unpaired) electrons. The van der Waals surface area contributed by atoms with Gasteiger partial charge in [-0.1, -0.05) is 0 Å². The van der Waals surface area contributed by atoms with E-state index in [0.717, 1.165) is 37.1 Å². The van der Waals surface area contributed by atoms with Crippen LogP contribution in [0.2, 0.25) is 0 Å². The van der Waals surface area contributed by atoms with Gasteiger partial charge in [-0.3, -0.25) is 0 Å². The number of nitrogens with one attached hydrogen (secondary N) is 2. The molecule has 0 spiro atoms. The number of halogens is 4. The molecule has 0 heterocycles. The van der Waals surface area contributed by atoms with E-state index in [1.807, 2.05) is 13.8 Å². The van der Waals surface area contributed by atoms with Gasteiger partial charge in [0.25, 0.3) is 0 Å². The minimum absolute atomic E-state index is 0.240. The van der Waals surface area contributed by atoms with Crippen LogP contribution >= 0.6 is 0 Å². The third-order valence-corrected chi connectivity index (χ3v) is 16.2. The average molecular weight is 631 g/mol. The van der Waals surface area contributed by atoms with E-state index in [0.29, 0.717) is 20.6 Å². The molecule has 9 heteroatoms. The molecule has 2 aliphatic rings. The summed E-state index contributed by atoms with van der Waals surface area (Å²) in [6, 6.07) is 4.41. The number of amides is 2. The predicted molar refractivity (Wildman–Crippen MR) is 161 cm³/mol. The average Bonchev–Trinajstić information content (AvgIpc) is 3.71. The molecule has 0 fully saturated rings. The van der Waals surface area contributed by atoms with Gasteiger partial charge < -0.3 is 0 Å². The zero-order chi connectivity index (χ0) is 31.3. The van der Waals surface area contributed by atoms with Crippen LogP contribution in [0.15, 0.2) is 68.5 Å². The molecule has 0 saturated carbocycles. The first kappa shape index (κ1) is 32.7. The number of anilines is 2. The topological polar surface area (TPSA) is 58.2 Å². The van der Waals surface area contributed by atoms with Crippen LogP contribution in [0.25, 0.3) is 0 Å². The number of carbonyl (C=O) groups excluding carboxylic acids is 2. The zero-order valence-electron chi connectivity index (χ0n) is 25.0. The predicted octanol–water partition coefficient (Wildman–Crippen LogP) is 7.78. The van der Waals surface area contributed by atoms with Gasteiger partial charge in [-0.15, -0.1) is 0 Å². The number of hydrogen-bond acceptors (Lipinski definition) is 2. The molecule has 2 aromatic carbocycles. The van der Waals surface area contributed by atoms with Crippen molar-refractivity contribution in [2.24, 2.45) is 11.8 Å². The van der Waals surface area contributed by atoms with E-state index in [-0.39, 0.29) is 24.2 Å². The normalized spacial score (nSPS) is 15.7. The summed E-state index contributed by atoms with van der Waals surface area (Å²) in [7, 11) is 0. The van der Waals surface area contributed by atoms with E-state index in [2.05, 4.69) is 10.6 Å². The van der Waals surface area contributed by atoms with Crippen LogP contribution in [0.5, 0.6) is 0 Å². The van der Waals surface area contributed by atoms with Crippen LogP contribution in [0, 0.1) is 35.1 Å². The molecule has 2 N–H and O–H groups in total. The molecule has 2 aromatic rings. The van der Waals surface area contributed by atoms with E-state index in [4.69, 9.17) is 0 Å². The van der Waals surface area contributed by atoms with Gasteiger partial charge in [0.2, 0.25) is 0 Å². The van der Waals surface area contributed by atoms with Crippen molar-refractivity contribution in [3.05, 3.63) is 91.7 Å². The standard InChI is InChI=1S/2C12H14F2NO.2C5H5.Ti/c2*1-3-4-8(2)12(16)15-11-6-5-9(13)7-10(11)14;2*1-2-4-5-3-1;/h2*5-6,8H,3-4H2,1-2H3,(H,15,16);2*1-3H,4H2;. The molecule has 0 bridgehead atoms. The molecular formula is C34H38F4N2O2Ti. The first-order chi connectivity index (χ1) is 20.6. The summed E-state index contributed by atoms with van der Waals surface area (Å²) in [5, 5.41) is 5.19. The summed E-state index contributed by atoms with van der Waals surface area (Å²) >= 11 is -5.10. The third kappa shape index (κ3) is 6.36. The van der Waals surface area contributed by atoms with E-state index >= 15 is 17.6 Å². The molecule has 228 valence electrons. The van der Waals surface area contributed by atoms with Gasteiger partial charge >= 0.3 is 255 Å². The summed E-state index contributed by atoms with van der Waals surface area (Å²) in [4.78, 5) is 25.8. The third-order valence-electron chi connectivity index (χ3n) is 8.29. The molecule has 43 heavy (non-hydrogen) atoms. The van der Waals surface area contributed by atoms with Crippen molar-refractivity contribution >= 4 is 30.9 Å². The maximum absolute atomic E-state index is 16.8. The Kier molecular flexibility index (Phi) is 10.7. The van der Waals surface area contributed by atoms with Gasteiger partial charge in [0.05, 0.1) is 0 Å². The molecule has 0 aromatic heterocycles. The van der Waals surface area contributed by atoms with Gasteiger partial charge in [0.15, 0.2) is 0 Å². The number of benzene rings is 2. The fraction of sp³-hybridized carbons (Fsp3) is 0.353. The number of rotatable bonds is 12. The SMILES string of the molecule is CCCC(C)C(=O)Nc1ccc(F)[c]([Ti]([C]2=CC=CC2)([C]2=CC=CC2)[c]2c(F)ccc(NC(=O)C(C)CCC)c2F)c1F. The first-order valence-electron chi connectivity index (χ1n) is 14.9. The maximum atomic E-state index is 16.8. The van der Waals surface area contributed by atoms with Gasteiger partial charge in [0.1, 0.15) is 0 Å². The Morgan fingerprint density at radius 2 is 1.12 bits per heavy atom. The molecule has 2 unspecified atom stereocenters. The van der Waals surface area contributed by atoms with Crippen molar-refractivity contribution in [2.45, 2.75) is 66.2 Å². The molecular weight excluding hydrogens is 592 g/mol. The van der Waals surface area contributed by atoms with Crippen LogP contribution in [0.4, 0.5) is 28.9 Å². The van der Waals surface area contributed by atoms with Crippen LogP contribution in [-0.4, -0.2) is 11.8 Å². The summed E-state index contributed by atoms with van der Waals surface area (Å²) in [5.74, 6) is -5.66. The quantitative estimate of drug-likeness (QED) is 0.186. The van der Waals surface area contributed by atoms with E-state index in [1.54, 1.807) is 50.3 Å². The molecule has 4 rings (SSSR count). The van der Waals surface area contributed by atoms with Crippen molar-refractivity contribution in [3.63, 3.8) is 0 Å². The summed E-state index contributed by atoms with van der Waals surface area (Å²) in [5.41, 5.74) is -0.479. The monoisotopic (exact) mass is 630 g/mol. The molecule has 0 aliphatic heterocycles. The second-order valence-electron chi connectivity index (χ2n) is 11.3. The van der Waals surface area contributed by atoms with Crippen LogP contribution in [0.3, 0.4) is 0 Å². The molecule has 2 atom stereocenters. The number of carbonyl (C=O) groups is 2. The van der Waals surface area contributed by atoms with Crippen LogP contribution in [0.1, 0.15) is 66.2 Å². The van der Waals surface area contributed by atoms with E-state index < -0.39 is 71.2 Å². The molecule has 0 saturated heterocycles. The second-order valence-corrected chi connectivity index (χ2v) is 17.2. The van der Waals surface area contributed by atoms with E-state index in [1.165, 1.54) is 0 Å². The van der Waals surface area contributed by atoms with Gasteiger partial charge in [-0.2, -0.15) is 0 Å². The van der Waals surface area contributed by atoms with Crippen LogP contribution < -0.4 is 18.4 Å². The fourth-order valence-corrected chi connectivity index (χ4v) is 14.3. The Morgan fingerprint density at radius 1 is 0.721 bits per heavy atom. The minimum atomic E-state index is -5.10. The van der Waals surface area contributed by atoms with Crippen molar-refractivity contribution in [3.8, 4) is 0 Å². The Bertz CT molecular complexity index is 1420. The van der Waals surface area contributed by atoms with Crippen molar-refractivity contribution < 1.29 is 43.7 Å². The Balaban J connectivity index is 2.01. The summed E-state index contributed by atoms with van der Waals surface area (Å²) in [6.45, 7) is 7.30. The second kappa shape index (κ2) is 14.0. The Hall–Kier alpha value is -3.23. The first-order valence-corrected chi connectivity index (χ1v) is 18.0. The van der Waals surface area contributed by atoms with Crippen molar-refractivity contribution in [2.75, 3.05) is 10.6 Å². The van der Waals surface area contributed by atoms with Gasteiger partial charge in [-0.25, -0.2) is 0 Å². The molecule has 2 amide bonds. The van der Waals surface area contributed by atoms with Gasteiger partial charge in [0, 0.05) is 0 Å². The zero-order valence-corrected chi connectivity index (χ0v) is 26.6. The van der Waals surface area contributed by atoms with Crippen LogP contribution in [-0.2, 0) is 26.2 Å². The summed E-state index contributed by atoms with van der Waals surface area (Å²) < 4.78 is 66.2. The number of hydrogen-bond donors (Lipinski definition) is 2. The van der Waals surface area contributed by atoms with Crippen molar-refractivity contribution in [1.82, 2.24) is 0 Å².